The molecule has 6 nitrogen and oxygen atoms in total. The molecule has 0 aliphatic carbocycles. The molecule has 3 rings (SSSR count). The molecule has 26 heavy (non-hydrogen) atoms. The number of nitro groups is 1. The molecular formula is C20H16N3O3-. The second-order valence-electron chi connectivity index (χ2n) is 5.61. The Bertz CT molecular complexity index is 912. The van der Waals surface area contributed by atoms with E-state index in [0.717, 1.165) is 11.3 Å². The van der Waals surface area contributed by atoms with Crippen LogP contribution in [0, 0.1) is 10.1 Å². The van der Waals surface area contributed by atoms with Crippen LogP contribution in [-0.2, 0) is 6.54 Å². The summed E-state index contributed by atoms with van der Waals surface area (Å²) in [5.41, 5.74) is 2.01. The first kappa shape index (κ1) is 17.2. The largest absolute Gasteiger partial charge is 0.868 e. The maximum Gasteiger partial charge on any atom is 0.262 e. The van der Waals surface area contributed by atoms with Gasteiger partial charge in [0.25, 0.3) is 5.69 Å². The maximum atomic E-state index is 11.5. The first-order valence-electron chi connectivity index (χ1n) is 7.99. The second-order valence-corrected chi connectivity index (χ2v) is 5.61. The van der Waals surface area contributed by atoms with Crippen molar-refractivity contribution in [3.63, 3.8) is 0 Å². The SMILES string of the molecule is O=[N+]([O-])c1cc(/C=N\N(Cc2ccccc2)c2ccccc2)ccc1[O-]. The van der Waals surface area contributed by atoms with Gasteiger partial charge in [0.2, 0.25) is 0 Å². The summed E-state index contributed by atoms with van der Waals surface area (Å²) in [6.45, 7) is 0.545. The summed E-state index contributed by atoms with van der Waals surface area (Å²) in [5.74, 6) is -0.614. The average Bonchev–Trinajstić information content (AvgIpc) is 2.67. The van der Waals surface area contributed by atoms with Crippen molar-refractivity contribution < 1.29 is 10.0 Å². The molecule has 0 unspecified atom stereocenters. The van der Waals surface area contributed by atoms with Crippen molar-refractivity contribution in [1.29, 1.82) is 0 Å². The van der Waals surface area contributed by atoms with Crippen molar-refractivity contribution in [2.45, 2.75) is 6.54 Å². The minimum Gasteiger partial charge on any atom is -0.868 e. The van der Waals surface area contributed by atoms with Crippen LogP contribution in [0.4, 0.5) is 11.4 Å². The molecule has 0 bridgehead atoms. The van der Waals surface area contributed by atoms with E-state index in [9.17, 15) is 15.2 Å². The van der Waals surface area contributed by atoms with Gasteiger partial charge in [0.05, 0.1) is 23.4 Å². The van der Waals surface area contributed by atoms with Crippen LogP contribution < -0.4 is 10.1 Å². The lowest BCUT2D eigenvalue weighted by Gasteiger charge is -2.19. The molecule has 0 aromatic heterocycles. The lowest BCUT2D eigenvalue weighted by atomic mass is 10.2. The van der Waals surface area contributed by atoms with Crippen LogP contribution in [-0.4, -0.2) is 11.1 Å². The van der Waals surface area contributed by atoms with E-state index in [1.165, 1.54) is 24.4 Å². The minimum absolute atomic E-state index is 0.455. The fourth-order valence-corrected chi connectivity index (χ4v) is 2.45. The third kappa shape index (κ3) is 4.24. The lowest BCUT2D eigenvalue weighted by molar-refractivity contribution is -0.398. The number of hydrogen-bond donors (Lipinski definition) is 0. The number of rotatable bonds is 6. The van der Waals surface area contributed by atoms with E-state index >= 15 is 0 Å². The number of nitrogens with zero attached hydrogens (tertiary/aromatic N) is 3. The Morgan fingerprint density at radius 2 is 1.62 bits per heavy atom. The Hall–Kier alpha value is -3.67. The molecule has 0 heterocycles. The topological polar surface area (TPSA) is 81.8 Å². The van der Waals surface area contributed by atoms with E-state index in [4.69, 9.17) is 0 Å². The van der Waals surface area contributed by atoms with Crippen molar-refractivity contribution in [2.24, 2.45) is 5.10 Å². The van der Waals surface area contributed by atoms with Gasteiger partial charge in [-0.15, -0.1) is 0 Å². The molecule has 130 valence electrons. The highest BCUT2D eigenvalue weighted by molar-refractivity contribution is 5.82. The van der Waals surface area contributed by atoms with E-state index in [-0.39, 0.29) is 0 Å². The van der Waals surface area contributed by atoms with Gasteiger partial charge in [-0.3, -0.25) is 15.1 Å². The van der Waals surface area contributed by atoms with Gasteiger partial charge in [-0.1, -0.05) is 60.7 Å². The summed E-state index contributed by atoms with van der Waals surface area (Å²) < 4.78 is 0. The zero-order chi connectivity index (χ0) is 18.4. The molecule has 0 saturated carbocycles. The monoisotopic (exact) mass is 346 g/mol. The van der Waals surface area contributed by atoms with Crippen molar-refractivity contribution in [2.75, 3.05) is 5.01 Å². The highest BCUT2D eigenvalue weighted by Gasteiger charge is 2.08. The molecule has 0 aliphatic heterocycles. The summed E-state index contributed by atoms with van der Waals surface area (Å²) in [6, 6.07) is 23.4. The van der Waals surface area contributed by atoms with Crippen LogP contribution in [0.15, 0.2) is 84.0 Å². The van der Waals surface area contributed by atoms with Crippen LogP contribution in [0.5, 0.6) is 5.75 Å². The van der Waals surface area contributed by atoms with Gasteiger partial charge in [0.1, 0.15) is 0 Å². The van der Waals surface area contributed by atoms with Gasteiger partial charge in [0, 0.05) is 11.6 Å². The van der Waals surface area contributed by atoms with Crippen molar-refractivity contribution in [1.82, 2.24) is 0 Å². The first-order chi connectivity index (χ1) is 12.6. The van der Waals surface area contributed by atoms with Crippen molar-refractivity contribution in [3.8, 4) is 5.75 Å². The standard InChI is InChI=1S/C20H17N3O3/c24-20-12-11-17(13-19(20)23(25)26)14-21-22(18-9-5-2-6-10-18)15-16-7-3-1-4-8-16/h1-14,24H,15H2/p-1/b21-14-. The summed E-state index contributed by atoms with van der Waals surface area (Å²) in [7, 11) is 0. The Morgan fingerprint density at radius 3 is 2.27 bits per heavy atom. The van der Waals surface area contributed by atoms with Gasteiger partial charge in [0.15, 0.2) is 0 Å². The number of hydrogen-bond acceptors (Lipinski definition) is 5. The average molecular weight is 346 g/mol. The fraction of sp³-hybridized carbons (Fsp3) is 0.0500. The van der Waals surface area contributed by atoms with E-state index in [1.54, 1.807) is 5.01 Å². The molecule has 0 spiro atoms. The predicted molar refractivity (Wildman–Crippen MR) is 99.2 cm³/mol. The normalized spacial score (nSPS) is 10.8. The molecule has 3 aromatic carbocycles. The zero-order valence-electron chi connectivity index (χ0n) is 13.9. The Labute approximate surface area is 150 Å². The Kier molecular flexibility index (Phi) is 5.24. The number of nitro benzene ring substituents is 1. The van der Waals surface area contributed by atoms with Crippen LogP contribution >= 0.6 is 0 Å². The number of hydrazone groups is 1. The molecule has 0 aliphatic rings. The molecule has 3 aromatic rings. The third-order valence-corrected chi connectivity index (χ3v) is 3.76. The van der Waals surface area contributed by atoms with Crippen LogP contribution in [0.1, 0.15) is 11.1 Å². The highest BCUT2D eigenvalue weighted by Crippen LogP contribution is 2.23. The second kappa shape index (κ2) is 7.94. The van der Waals surface area contributed by atoms with E-state index in [0.29, 0.717) is 12.1 Å². The number of anilines is 1. The van der Waals surface area contributed by atoms with Crippen LogP contribution in [0.25, 0.3) is 0 Å². The Morgan fingerprint density at radius 1 is 0.962 bits per heavy atom. The summed E-state index contributed by atoms with van der Waals surface area (Å²) in [4.78, 5) is 10.2. The van der Waals surface area contributed by atoms with Gasteiger partial charge >= 0.3 is 0 Å². The van der Waals surface area contributed by atoms with E-state index in [1.807, 2.05) is 60.7 Å². The molecular weight excluding hydrogens is 330 g/mol. The molecule has 0 atom stereocenters. The smallest absolute Gasteiger partial charge is 0.262 e. The quantitative estimate of drug-likeness (QED) is 0.387. The van der Waals surface area contributed by atoms with Gasteiger partial charge in [-0.05, 0) is 23.4 Å². The third-order valence-electron chi connectivity index (χ3n) is 3.76. The van der Waals surface area contributed by atoms with Crippen molar-refractivity contribution in [3.05, 3.63) is 100 Å². The van der Waals surface area contributed by atoms with Crippen molar-refractivity contribution >= 4 is 17.6 Å². The fourth-order valence-electron chi connectivity index (χ4n) is 2.45. The van der Waals surface area contributed by atoms with E-state index < -0.39 is 16.4 Å². The minimum atomic E-state index is -0.682. The predicted octanol–water partition coefficient (Wildman–Crippen LogP) is 3.71. The summed E-state index contributed by atoms with van der Waals surface area (Å²) in [5, 5.41) is 28.7. The van der Waals surface area contributed by atoms with Crippen LogP contribution in [0.2, 0.25) is 0 Å². The first-order valence-corrected chi connectivity index (χ1v) is 7.99. The summed E-state index contributed by atoms with van der Waals surface area (Å²) >= 11 is 0. The molecule has 0 amide bonds. The molecule has 0 saturated heterocycles. The Balaban J connectivity index is 1.89. The lowest BCUT2D eigenvalue weighted by Crippen LogP contribution is -2.16. The number of benzene rings is 3. The highest BCUT2D eigenvalue weighted by atomic mass is 16.6. The maximum absolute atomic E-state index is 11.5. The zero-order valence-corrected chi connectivity index (χ0v) is 13.9. The number of para-hydroxylation sites is 1. The van der Waals surface area contributed by atoms with Crippen LogP contribution in [0.3, 0.4) is 0 Å². The summed E-state index contributed by atoms with van der Waals surface area (Å²) in [6.07, 6.45) is 1.52. The molecule has 0 N–H and O–H groups in total. The van der Waals surface area contributed by atoms with Gasteiger partial charge < -0.3 is 5.11 Å². The van der Waals surface area contributed by atoms with Gasteiger partial charge in [-0.2, -0.15) is 5.10 Å². The molecule has 6 heteroatoms. The molecule has 0 radical (unpaired) electrons. The molecule has 0 fully saturated rings. The van der Waals surface area contributed by atoms with E-state index in [2.05, 4.69) is 5.10 Å². The van der Waals surface area contributed by atoms with Gasteiger partial charge in [-0.25, -0.2) is 0 Å².